The molecule has 0 fully saturated rings. The lowest BCUT2D eigenvalue weighted by atomic mass is 10.2. The van der Waals surface area contributed by atoms with Gasteiger partial charge in [-0.2, -0.15) is 4.98 Å². The van der Waals surface area contributed by atoms with Gasteiger partial charge in [-0.3, -0.25) is 0 Å². The number of hydrogen-bond donors (Lipinski definition) is 2. The molecular formula is C13H24N4O2. The molecular weight excluding hydrogens is 244 g/mol. The van der Waals surface area contributed by atoms with E-state index in [2.05, 4.69) is 22.2 Å². The minimum Gasteiger partial charge on any atom is -0.491 e. The van der Waals surface area contributed by atoms with Gasteiger partial charge in [0.25, 0.3) is 0 Å². The highest BCUT2D eigenvalue weighted by Gasteiger charge is 2.12. The number of aliphatic hydroxyl groups is 1. The number of methoxy groups -OCH3 is 1. The van der Waals surface area contributed by atoms with E-state index in [0.29, 0.717) is 23.9 Å². The van der Waals surface area contributed by atoms with E-state index in [1.54, 1.807) is 18.2 Å². The molecule has 1 rings (SSSR count). The number of aromatic nitrogens is 2. The van der Waals surface area contributed by atoms with Gasteiger partial charge in [0.1, 0.15) is 6.23 Å². The van der Waals surface area contributed by atoms with Crippen LogP contribution in [0.2, 0.25) is 0 Å². The van der Waals surface area contributed by atoms with Crippen LogP contribution in [0.3, 0.4) is 0 Å². The third-order valence-electron chi connectivity index (χ3n) is 2.75. The van der Waals surface area contributed by atoms with Crippen LogP contribution >= 0.6 is 0 Å². The third-order valence-corrected chi connectivity index (χ3v) is 2.75. The normalized spacial score (nSPS) is 12.1. The van der Waals surface area contributed by atoms with Crippen LogP contribution in [0, 0.1) is 0 Å². The van der Waals surface area contributed by atoms with Gasteiger partial charge in [-0.15, -0.1) is 0 Å². The molecule has 1 aromatic rings. The van der Waals surface area contributed by atoms with Gasteiger partial charge in [-0.25, -0.2) is 4.98 Å². The molecule has 0 aliphatic carbocycles. The number of nitrogens with one attached hydrogen (secondary N) is 1. The lowest BCUT2D eigenvalue weighted by Gasteiger charge is -2.17. The van der Waals surface area contributed by atoms with Crippen molar-refractivity contribution in [1.29, 1.82) is 0 Å². The van der Waals surface area contributed by atoms with E-state index in [1.807, 2.05) is 14.1 Å². The van der Waals surface area contributed by atoms with Crippen LogP contribution in [0.25, 0.3) is 0 Å². The summed E-state index contributed by atoms with van der Waals surface area (Å²) < 4.78 is 5.19. The van der Waals surface area contributed by atoms with E-state index >= 15 is 0 Å². The zero-order chi connectivity index (χ0) is 14.3. The Hall–Kier alpha value is -1.56. The highest BCUT2D eigenvalue weighted by molar-refractivity contribution is 5.52. The predicted molar refractivity (Wildman–Crippen MR) is 76.7 cm³/mol. The maximum atomic E-state index is 9.94. The van der Waals surface area contributed by atoms with Crippen LogP contribution in [-0.2, 0) is 0 Å². The lowest BCUT2D eigenvalue weighted by molar-refractivity contribution is 0.188. The van der Waals surface area contributed by atoms with E-state index in [4.69, 9.17) is 4.74 Å². The zero-order valence-corrected chi connectivity index (χ0v) is 12.2. The van der Waals surface area contributed by atoms with Crippen molar-refractivity contribution in [3.63, 3.8) is 0 Å². The quantitative estimate of drug-likeness (QED) is 0.554. The number of ether oxygens (including phenoxy) is 1. The van der Waals surface area contributed by atoms with E-state index in [-0.39, 0.29) is 0 Å². The Morgan fingerprint density at radius 2 is 2.16 bits per heavy atom. The van der Waals surface area contributed by atoms with Crippen LogP contribution < -0.4 is 15.0 Å². The first-order chi connectivity index (χ1) is 9.08. The molecule has 2 N–H and O–H groups in total. The summed E-state index contributed by atoms with van der Waals surface area (Å²) in [5.74, 6) is 1.62. The Morgan fingerprint density at radius 1 is 1.42 bits per heavy atom. The smallest absolute Gasteiger partial charge is 0.226 e. The second-order valence-electron chi connectivity index (χ2n) is 4.64. The average molecular weight is 268 g/mol. The van der Waals surface area contributed by atoms with Gasteiger partial charge in [0.15, 0.2) is 11.6 Å². The topological polar surface area (TPSA) is 70.5 Å². The first-order valence-corrected chi connectivity index (χ1v) is 6.61. The summed E-state index contributed by atoms with van der Waals surface area (Å²) >= 11 is 0. The molecule has 0 aliphatic heterocycles. The molecule has 1 heterocycles. The van der Waals surface area contributed by atoms with Crippen LogP contribution in [0.5, 0.6) is 5.75 Å². The zero-order valence-electron chi connectivity index (χ0n) is 12.2. The molecule has 0 bridgehead atoms. The maximum Gasteiger partial charge on any atom is 0.226 e. The van der Waals surface area contributed by atoms with Crippen molar-refractivity contribution in [3.8, 4) is 5.75 Å². The molecule has 0 radical (unpaired) electrons. The Bertz CT molecular complexity index is 385. The molecule has 6 heteroatoms. The fourth-order valence-corrected chi connectivity index (χ4v) is 1.65. The van der Waals surface area contributed by atoms with E-state index in [1.165, 1.54) is 0 Å². The number of hydrogen-bond acceptors (Lipinski definition) is 6. The van der Waals surface area contributed by atoms with Gasteiger partial charge in [-0.05, 0) is 12.8 Å². The highest BCUT2D eigenvalue weighted by atomic mass is 16.5. The highest BCUT2D eigenvalue weighted by Crippen LogP contribution is 2.23. The number of rotatable bonds is 8. The molecule has 0 saturated heterocycles. The summed E-state index contributed by atoms with van der Waals surface area (Å²) in [4.78, 5) is 10.3. The summed E-state index contributed by atoms with van der Waals surface area (Å²) in [6, 6.07) is 0. The fraction of sp³-hybridized carbons (Fsp3) is 0.692. The van der Waals surface area contributed by atoms with Crippen molar-refractivity contribution in [3.05, 3.63) is 6.20 Å². The van der Waals surface area contributed by atoms with Crippen LogP contribution in [-0.4, -0.2) is 42.5 Å². The molecule has 0 aliphatic rings. The molecule has 0 saturated carbocycles. The first-order valence-electron chi connectivity index (χ1n) is 6.61. The summed E-state index contributed by atoms with van der Waals surface area (Å²) in [6.07, 6.45) is 4.91. The Kier molecular flexibility index (Phi) is 6.35. The number of nitrogens with zero attached hydrogens (tertiary/aromatic N) is 3. The van der Waals surface area contributed by atoms with Crippen molar-refractivity contribution in [2.24, 2.45) is 0 Å². The predicted octanol–water partition coefficient (Wildman–Crippen LogP) is 1.86. The third kappa shape index (κ3) is 4.90. The van der Waals surface area contributed by atoms with Crippen LogP contribution in [0.15, 0.2) is 6.20 Å². The minimum atomic E-state index is -0.620. The van der Waals surface area contributed by atoms with Crippen LogP contribution in [0.4, 0.5) is 11.8 Å². The number of aliphatic hydroxyl groups excluding tert-OH is 1. The van der Waals surface area contributed by atoms with Crippen molar-refractivity contribution in [1.82, 2.24) is 9.97 Å². The molecule has 0 spiro atoms. The second-order valence-corrected chi connectivity index (χ2v) is 4.64. The summed E-state index contributed by atoms with van der Waals surface area (Å²) in [7, 11) is 5.29. The van der Waals surface area contributed by atoms with Gasteiger partial charge >= 0.3 is 0 Å². The van der Waals surface area contributed by atoms with Gasteiger partial charge in [0, 0.05) is 14.1 Å². The van der Waals surface area contributed by atoms with Crippen molar-refractivity contribution in [2.45, 2.75) is 38.8 Å². The molecule has 1 unspecified atom stereocenters. The number of unbranched alkanes of at least 4 members (excludes halogenated alkanes) is 2. The van der Waals surface area contributed by atoms with Gasteiger partial charge in [0.2, 0.25) is 5.95 Å². The Labute approximate surface area is 114 Å². The van der Waals surface area contributed by atoms with Gasteiger partial charge < -0.3 is 20.1 Å². The minimum absolute atomic E-state index is 0.519. The standard InChI is InChI=1S/C13H24N4O2/c1-5-6-7-8-11(18)15-12-10(19-4)9-14-13(16-12)17(2)3/h9,11,18H,5-8H2,1-4H3,(H,14,15,16). The van der Waals surface area contributed by atoms with Gasteiger partial charge in [0.05, 0.1) is 13.3 Å². The Morgan fingerprint density at radius 3 is 2.74 bits per heavy atom. The SMILES string of the molecule is CCCCCC(O)Nc1nc(N(C)C)ncc1OC. The summed E-state index contributed by atoms with van der Waals surface area (Å²) in [5.41, 5.74) is 0. The molecule has 1 aromatic heterocycles. The summed E-state index contributed by atoms with van der Waals surface area (Å²) in [6.45, 7) is 2.14. The van der Waals surface area contributed by atoms with Crippen molar-refractivity contribution >= 4 is 11.8 Å². The lowest BCUT2D eigenvalue weighted by Crippen LogP contribution is -2.21. The molecule has 0 aromatic carbocycles. The van der Waals surface area contributed by atoms with E-state index in [0.717, 1.165) is 19.3 Å². The largest absolute Gasteiger partial charge is 0.491 e. The van der Waals surface area contributed by atoms with E-state index < -0.39 is 6.23 Å². The van der Waals surface area contributed by atoms with Crippen molar-refractivity contribution in [2.75, 3.05) is 31.4 Å². The molecule has 19 heavy (non-hydrogen) atoms. The number of anilines is 2. The molecule has 108 valence electrons. The maximum absolute atomic E-state index is 9.94. The monoisotopic (exact) mass is 268 g/mol. The summed E-state index contributed by atoms with van der Waals surface area (Å²) in [5, 5.41) is 12.9. The van der Waals surface area contributed by atoms with Gasteiger partial charge in [-0.1, -0.05) is 19.8 Å². The molecule has 6 nitrogen and oxygen atoms in total. The molecule has 0 amide bonds. The average Bonchev–Trinajstić information content (AvgIpc) is 2.38. The Balaban J connectivity index is 2.71. The molecule has 1 atom stereocenters. The second kappa shape index (κ2) is 7.78. The fourth-order valence-electron chi connectivity index (χ4n) is 1.65. The van der Waals surface area contributed by atoms with Crippen molar-refractivity contribution < 1.29 is 9.84 Å². The van der Waals surface area contributed by atoms with E-state index in [9.17, 15) is 5.11 Å². The van der Waals surface area contributed by atoms with Crippen LogP contribution in [0.1, 0.15) is 32.6 Å². The first kappa shape index (κ1) is 15.5.